The molecule has 0 unspecified atom stereocenters. The molecule has 0 rings (SSSR count). The van der Waals surface area contributed by atoms with Gasteiger partial charge in [-0.1, -0.05) is 0 Å². The Hall–Kier alpha value is -0.240. The highest BCUT2D eigenvalue weighted by atomic mass is 31.2. The van der Waals surface area contributed by atoms with Gasteiger partial charge in [-0.3, -0.25) is 18.5 Å². The van der Waals surface area contributed by atoms with Crippen LogP contribution in [0.3, 0.4) is 0 Å². The number of carbonyl (C=O) groups excluding carboxylic acids is 1. The second kappa shape index (κ2) is 17.4. The zero-order valence-corrected chi connectivity index (χ0v) is 24.9. The van der Waals surface area contributed by atoms with Crippen molar-refractivity contribution in [3.8, 4) is 0 Å². The molecule has 0 aliphatic rings. The monoisotopic (exact) mass is 586 g/mol. The summed E-state index contributed by atoms with van der Waals surface area (Å²) in [7, 11) is 0.213. The van der Waals surface area contributed by atoms with Crippen LogP contribution < -0.4 is 5.32 Å². The molecular weight excluding hydrogens is 545 g/mol. The smallest absolute Gasteiger partial charge is 0.355 e. The van der Waals surface area contributed by atoms with Crippen LogP contribution in [0.5, 0.6) is 0 Å². The molecular formula is C18H41N2O13P3. The predicted molar refractivity (Wildman–Crippen MR) is 131 cm³/mol. The van der Waals surface area contributed by atoms with Gasteiger partial charge in [-0.2, -0.15) is 0 Å². The molecule has 36 heavy (non-hydrogen) atoms. The van der Waals surface area contributed by atoms with E-state index < -0.39 is 47.4 Å². The third kappa shape index (κ3) is 13.5. The van der Waals surface area contributed by atoms with E-state index in [4.69, 9.17) is 41.4 Å². The Labute approximate surface area is 213 Å². The van der Waals surface area contributed by atoms with E-state index in [0.29, 0.717) is 6.54 Å². The maximum atomic E-state index is 12.8. The van der Waals surface area contributed by atoms with Crippen molar-refractivity contribution >= 4 is 28.7 Å². The number of hydrogen-bond donors (Lipinski definition) is 1. The van der Waals surface area contributed by atoms with Crippen LogP contribution in [0.15, 0.2) is 0 Å². The Morgan fingerprint density at radius 2 is 0.972 bits per heavy atom. The van der Waals surface area contributed by atoms with Crippen molar-refractivity contribution in [1.82, 2.24) is 10.2 Å². The quantitative estimate of drug-likeness (QED) is 0.183. The second-order valence-electron chi connectivity index (χ2n) is 7.74. The van der Waals surface area contributed by atoms with Gasteiger partial charge >= 0.3 is 22.8 Å². The average molecular weight is 586 g/mol. The average Bonchev–Trinajstić information content (AvgIpc) is 2.86. The fourth-order valence-corrected chi connectivity index (χ4v) is 4.54. The molecule has 0 atom stereocenters. The number of rotatable bonds is 22. The summed E-state index contributed by atoms with van der Waals surface area (Å²) in [5, 5.41) is 2.80. The zero-order chi connectivity index (χ0) is 27.9. The summed E-state index contributed by atoms with van der Waals surface area (Å²) in [6, 6.07) is 0. The molecule has 0 aliphatic carbocycles. The standard InChI is InChI=1S/C18H41N2O13P3/c1-20(2)10-9-17(21)19-18(11-31-14-34(22,25-3)26-4,12-32-15-35(23,27-5)28-6)13-33-16-36(24,29-7)30-8/h9-16H2,1-8H3,(H,19,21). The molecule has 1 N–H and O–H groups in total. The maximum absolute atomic E-state index is 12.8. The highest BCUT2D eigenvalue weighted by Gasteiger charge is 2.37. The Morgan fingerprint density at radius 1 is 0.667 bits per heavy atom. The van der Waals surface area contributed by atoms with Crippen LogP contribution >= 0.6 is 22.8 Å². The number of ether oxygens (including phenoxy) is 3. The lowest BCUT2D eigenvalue weighted by atomic mass is 10.0. The van der Waals surface area contributed by atoms with Crippen LogP contribution in [0, 0.1) is 0 Å². The lowest BCUT2D eigenvalue weighted by Crippen LogP contribution is -2.59. The summed E-state index contributed by atoms with van der Waals surface area (Å²) in [5.41, 5.74) is -1.42. The van der Waals surface area contributed by atoms with E-state index >= 15 is 0 Å². The van der Waals surface area contributed by atoms with Crippen molar-refractivity contribution in [3.05, 3.63) is 0 Å². The lowest BCUT2D eigenvalue weighted by molar-refractivity contribution is -0.127. The molecule has 0 aliphatic heterocycles. The van der Waals surface area contributed by atoms with E-state index in [-0.39, 0.29) is 32.1 Å². The van der Waals surface area contributed by atoms with Gasteiger partial charge in [0.1, 0.15) is 24.6 Å². The van der Waals surface area contributed by atoms with Crippen molar-refractivity contribution in [1.29, 1.82) is 0 Å². The van der Waals surface area contributed by atoms with Crippen LogP contribution in [0.4, 0.5) is 0 Å². The third-order valence-corrected chi connectivity index (χ3v) is 9.58. The summed E-state index contributed by atoms with van der Waals surface area (Å²) >= 11 is 0. The Kier molecular flexibility index (Phi) is 17.3. The molecule has 18 heteroatoms. The molecule has 0 bridgehead atoms. The van der Waals surface area contributed by atoms with E-state index in [9.17, 15) is 18.5 Å². The Balaban J connectivity index is 5.86. The number of carbonyl (C=O) groups is 1. The van der Waals surface area contributed by atoms with Gasteiger partial charge in [-0.05, 0) is 14.1 Å². The largest absolute Gasteiger partial charge is 0.366 e. The van der Waals surface area contributed by atoms with Crippen LogP contribution in [-0.2, 0) is 59.8 Å². The first-order chi connectivity index (χ1) is 16.8. The van der Waals surface area contributed by atoms with Crippen LogP contribution in [0.1, 0.15) is 6.42 Å². The molecule has 0 saturated heterocycles. The van der Waals surface area contributed by atoms with Gasteiger partial charge < -0.3 is 51.6 Å². The highest BCUT2D eigenvalue weighted by Crippen LogP contribution is 2.48. The summed E-state index contributed by atoms with van der Waals surface area (Å²) in [5.74, 6) is -0.385. The molecule has 1 amide bonds. The van der Waals surface area contributed by atoms with Gasteiger partial charge in [0.25, 0.3) is 0 Å². The summed E-state index contributed by atoms with van der Waals surface area (Å²) in [6.07, 6.45) is -1.22. The van der Waals surface area contributed by atoms with Gasteiger partial charge in [-0.25, -0.2) is 0 Å². The fraction of sp³-hybridized carbons (Fsp3) is 0.944. The molecule has 0 spiro atoms. The predicted octanol–water partition coefficient (Wildman–Crippen LogP) is 2.17. The van der Waals surface area contributed by atoms with Crippen molar-refractivity contribution in [2.24, 2.45) is 0 Å². The van der Waals surface area contributed by atoms with E-state index in [1.165, 1.54) is 42.7 Å². The van der Waals surface area contributed by atoms with Crippen LogP contribution in [0.25, 0.3) is 0 Å². The van der Waals surface area contributed by atoms with E-state index in [1.807, 2.05) is 19.0 Å². The van der Waals surface area contributed by atoms with Gasteiger partial charge in [0.05, 0.1) is 19.8 Å². The molecule has 0 heterocycles. The topological polar surface area (TPSA) is 167 Å². The van der Waals surface area contributed by atoms with E-state index in [1.54, 1.807) is 0 Å². The van der Waals surface area contributed by atoms with Gasteiger partial charge in [0.15, 0.2) is 0 Å². The molecule has 0 saturated carbocycles. The summed E-state index contributed by atoms with van der Waals surface area (Å²) in [4.78, 5) is 14.6. The van der Waals surface area contributed by atoms with Crippen molar-refractivity contribution < 1.29 is 59.8 Å². The number of nitrogens with zero attached hydrogens (tertiary/aromatic N) is 1. The number of hydrogen-bond acceptors (Lipinski definition) is 14. The van der Waals surface area contributed by atoms with Gasteiger partial charge in [-0.15, -0.1) is 0 Å². The third-order valence-electron chi connectivity index (χ3n) is 4.74. The second-order valence-corrected chi connectivity index (χ2v) is 14.4. The minimum Gasteiger partial charge on any atom is -0.366 e. The first-order valence-electron chi connectivity index (χ1n) is 10.6. The number of nitrogens with one attached hydrogen (secondary N) is 1. The molecule has 15 nitrogen and oxygen atoms in total. The van der Waals surface area contributed by atoms with Crippen molar-refractivity contribution in [3.63, 3.8) is 0 Å². The highest BCUT2D eigenvalue weighted by molar-refractivity contribution is 7.54. The van der Waals surface area contributed by atoms with Gasteiger partial charge in [0.2, 0.25) is 5.91 Å². The van der Waals surface area contributed by atoms with Gasteiger partial charge in [0, 0.05) is 55.6 Å². The molecule has 0 aromatic rings. The molecule has 0 radical (unpaired) electrons. The van der Waals surface area contributed by atoms with E-state index in [2.05, 4.69) is 5.32 Å². The maximum Gasteiger partial charge on any atom is 0.355 e. The summed E-state index contributed by atoms with van der Waals surface area (Å²) < 4.78 is 83.2. The van der Waals surface area contributed by atoms with Crippen molar-refractivity contribution in [2.45, 2.75) is 12.0 Å². The lowest BCUT2D eigenvalue weighted by Gasteiger charge is -2.35. The van der Waals surface area contributed by atoms with Crippen LogP contribution in [0.2, 0.25) is 0 Å². The normalized spacial score (nSPS) is 13.4. The Bertz CT molecular complexity index is 681. The SMILES string of the molecule is COP(=O)(COCC(COCP(=O)(OC)OC)(COCP(=O)(OC)OC)NC(=O)CCN(C)C)OC. The first-order valence-corrected chi connectivity index (χ1v) is 15.8. The van der Waals surface area contributed by atoms with Crippen LogP contribution in [-0.4, -0.2) is 119 Å². The Morgan fingerprint density at radius 3 is 1.22 bits per heavy atom. The minimum absolute atomic E-state index is 0.118. The summed E-state index contributed by atoms with van der Waals surface area (Å²) in [6.45, 7) is -0.456. The molecule has 0 fully saturated rings. The zero-order valence-electron chi connectivity index (χ0n) is 22.3. The number of amides is 1. The fourth-order valence-electron chi connectivity index (χ4n) is 2.51. The minimum atomic E-state index is -3.54. The first kappa shape index (κ1) is 35.8. The van der Waals surface area contributed by atoms with E-state index in [0.717, 1.165) is 0 Å². The molecule has 216 valence electrons. The molecule has 0 aromatic carbocycles. The van der Waals surface area contributed by atoms with Crippen molar-refractivity contribution in [2.75, 3.05) is 102 Å². The molecule has 0 aromatic heterocycles.